The zero-order chi connectivity index (χ0) is 21.0. The SMILES string of the molecule is C=CCN1C(=O)NC(=Cc2ccc(OCc3ccc(C(=O)O)cc3)c(Br)c2)C1=O. The van der Waals surface area contributed by atoms with E-state index >= 15 is 0 Å². The third-order valence-corrected chi connectivity index (χ3v) is 4.76. The minimum atomic E-state index is -0.977. The molecule has 0 aliphatic carbocycles. The molecular weight excluding hydrogens is 440 g/mol. The summed E-state index contributed by atoms with van der Waals surface area (Å²) in [6.07, 6.45) is 3.07. The Morgan fingerprint density at radius 2 is 1.93 bits per heavy atom. The summed E-state index contributed by atoms with van der Waals surface area (Å²) in [5, 5.41) is 11.5. The fraction of sp³-hybridized carbons (Fsp3) is 0.0952. The van der Waals surface area contributed by atoms with E-state index in [0.717, 1.165) is 10.5 Å². The minimum Gasteiger partial charge on any atom is -0.488 e. The summed E-state index contributed by atoms with van der Waals surface area (Å²) in [6, 6.07) is 11.2. The van der Waals surface area contributed by atoms with E-state index in [1.54, 1.807) is 36.4 Å². The van der Waals surface area contributed by atoms with Crippen LogP contribution in [-0.2, 0) is 11.4 Å². The molecule has 0 bridgehead atoms. The molecule has 2 aromatic rings. The first-order chi connectivity index (χ1) is 13.9. The van der Waals surface area contributed by atoms with Crippen molar-refractivity contribution < 1.29 is 24.2 Å². The van der Waals surface area contributed by atoms with Crippen LogP contribution in [0.25, 0.3) is 6.08 Å². The smallest absolute Gasteiger partial charge is 0.335 e. The molecule has 1 aliphatic heterocycles. The number of carbonyl (C=O) groups is 3. The summed E-state index contributed by atoms with van der Waals surface area (Å²) >= 11 is 3.44. The number of nitrogens with zero attached hydrogens (tertiary/aromatic N) is 1. The molecule has 1 aliphatic rings. The summed E-state index contributed by atoms with van der Waals surface area (Å²) in [7, 11) is 0. The number of imide groups is 1. The number of aromatic carboxylic acids is 1. The molecule has 3 amide bonds. The number of rotatable bonds is 7. The van der Waals surface area contributed by atoms with Crippen molar-refractivity contribution in [2.45, 2.75) is 6.61 Å². The predicted molar refractivity (Wildman–Crippen MR) is 110 cm³/mol. The molecule has 0 saturated carbocycles. The quantitative estimate of drug-likeness (QED) is 0.375. The lowest BCUT2D eigenvalue weighted by Gasteiger charge is -2.09. The van der Waals surface area contributed by atoms with Gasteiger partial charge in [0.05, 0.1) is 10.0 Å². The maximum atomic E-state index is 12.2. The summed E-state index contributed by atoms with van der Waals surface area (Å²) in [5.74, 6) is -0.796. The van der Waals surface area contributed by atoms with Gasteiger partial charge in [0, 0.05) is 6.54 Å². The number of ether oxygens (including phenoxy) is 1. The van der Waals surface area contributed by atoms with Crippen molar-refractivity contribution in [2.24, 2.45) is 0 Å². The van der Waals surface area contributed by atoms with Crippen LogP contribution in [0.2, 0.25) is 0 Å². The fourth-order valence-electron chi connectivity index (χ4n) is 2.66. The molecule has 0 aromatic heterocycles. The lowest BCUT2D eigenvalue weighted by Crippen LogP contribution is -2.30. The van der Waals surface area contributed by atoms with Crippen molar-refractivity contribution in [3.8, 4) is 5.75 Å². The van der Waals surface area contributed by atoms with Gasteiger partial charge in [0.25, 0.3) is 5.91 Å². The van der Waals surface area contributed by atoms with Gasteiger partial charge in [-0.25, -0.2) is 9.59 Å². The Balaban J connectivity index is 1.69. The second kappa shape index (κ2) is 8.74. The predicted octanol–water partition coefficient (Wildman–Crippen LogP) is 3.81. The van der Waals surface area contributed by atoms with E-state index in [0.29, 0.717) is 15.8 Å². The van der Waals surface area contributed by atoms with Crippen molar-refractivity contribution in [3.05, 3.63) is 82.0 Å². The second-order valence-electron chi connectivity index (χ2n) is 6.17. The number of hydrogen-bond acceptors (Lipinski definition) is 4. The molecule has 0 unspecified atom stereocenters. The van der Waals surface area contributed by atoms with Crippen molar-refractivity contribution in [2.75, 3.05) is 6.54 Å². The van der Waals surface area contributed by atoms with E-state index in [-0.39, 0.29) is 24.4 Å². The molecule has 3 rings (SSSR count). The van der Waals surface area contributed by atoms with Gasteiger partial charge >= 0.3 is 12.0 Å². The average Bonchev–Trinajstić information content (AvgIpc) is 2.95. The number of hydrogen-bond donors (Lipinski definition) is 2. The molecule has 2 N–H and O–H groups in total. The number of halogens is 1. The number of benzene rings is 2. The molecule has 2 aromatic carbocycles. The zero-order valence-corrected chi connectivity index (χ0v) is 16.8. The van der Waals surface area contributed by atoms with Gasteiger partial charge in [-0.3, -0.25) is 9.69 Å². The Bertz CT molecular complexity index is 1010. The molecule has 29 heavy (non-hydrogen) atoms. The third-order valence-electron chi connectivity index (χ3n) is 4.14. The molecular formula is C21H17BrN2O5. The molecule has 0 spiro atoms. The maximum Gasteiger partial charge on any atom is 0.335 e. The van der Waals surface area contributed by atoms with Gasteiger partial charge in [-0.05, 0) is 57.4 Å². The number of urea groups is 1. The zero-order valence-electron chi connectivity index (χ0n) is 15.2. The van der Waals surface area contributed by atoms with Crippen LogP contribution in [0, 0.1) is 0 Å². The topological polar surface area (TPSA) is 95.9 Å². The lowest BCUT2D eigenvalue weighted by atomic mass is 10.1. The van der Waals surface area contributed by atoms with Gasteiger partial charge in [-0.1, -0.05) is 24.3 Å². The van der Waals surface area contributed by atoms with E-state index in [1.165, 1.54) is 18.2 Å². The second-order valence-corrected chi connectivity index (χ2v) is 7.03. The fourth-order valence-corrected chi connectivity index (χ4v) is 3.17. The first kappa shape index (κ1) is 20.3. The molecule has 1 saturated heterocycles. The lowest BCUT2D eigenvalue weighted by molar-refractivity contribution is -0.122. The van der Waals surface area contributed by atoms with Gasteiger partial charge in [-0.15, -0.1) is 6.58 Å². The third kappa shape index (κ3) is 4.72. The number of carboxylic acid groups (broad SMARTS) is 1. The molecule has 7 nitrogen and oxygen atoms in total. The monoisotopic (exact) mass is 456 g/mol. The van der Waals surface area contributed by atoms with E-state index in [2.05, 4.69) is 27.8 Å². The normalized spacial score (nSPS) is 14.8. The van der Waals surface area contributed by atoms with Crippen LogP contribution >= 0.6 is 15.9 Å². The Morgan fingerprint density at radius 1 is 1.21 bits per heavy atom. The van der Waals surface area contributed by atoms with E-state index in [1.807, 2.05) is 0 Å². The van der Waals surface area contributed by atoms with E-state index in [9.17, 15) is 14.4 Å². The van der Waals surface area contributed by atoms with Crippen molar-refractivity contribution in [1.82, 2.24) is 10.2 Å². The van der Waals surface area contributed by atoms with Crippen LogP contribution in [0.4, 0.5) is 4.79 Å². The Hall–Kier alpha value is -3.39. The van der Waals surface area contributed by atoms with Gasteiger partial charge < -0.3 is 15.2 Å². The Kier molecular flexibility index (Phi) is 6.13. The van der Waals surface area contributed by atoms with Crippen LogP contribution in [0.1, 0.15) is 21.5 Å². The highest BCUT2D eigenvalue weighted by atomic mass is 79.9. The molecule has 1 heterocycles. The van der Waals surface area contributed by atoms with Crippen molar-refractivity contribution in [1.29, 1.82) is 0 Å². The number of amides is 3. The van der Waals surface area contributed by atoms with Gasteiger partial charge in [-0.2, -0.15) is 0 Å². The van der Waals surface area contributed by atoms with Crippen LogP contribution in [0.15, 0.2) is 65.3 Å². The van der Waals surface area contributed by atoms with Crippen molar-refractivity contribution >= 4 is 39.9 Å². The number of carboxylic acids is 1. The summed E-state index contributed by atoms with van der Waals surface area (Å²) in [4.78, 5) is 36.0. The average molecular weight is 457 g/mol. The molecule has 148 valence electrons. The molecule has 8 heteroatoms. The van der Waals surface area contributed by atoms with E-state index in [4.69, 9.17) is 9.84 Å². The van der Waals surface area contributed by atoms with Gasteiger partial charge in [0.1, 0.15) is 18.1 Å². The Labute approximate surface area is 175 Å². The van der Waals surface area contributed by atoms with Gasteiger partial charge in [0.2, 0.25) is 0 Å². The largest absolute Gasteiger partial charge is 0.488 e. The summed E-state index contributed by atoms with van der Waals surface area (Å²) in [5.41, 5.74) is 1.94. The van der Waals surface area contributed by atoms with Crippen molar-refractivity contribution in [3.63, 3.8) is 0 Å². The Morgan fingerprint density at radius 3 is 2.55 bits per heavy atom. The summed E-state index contributed by atoms with van der Waals surface area (Å²) < 4.78 is 6.44. The summed E-state index contributed by atoms with van der Waals surface area (Å²) in [6.45, 7) is 3.95. The minimum absolute atomic E-state index is 0.145. The molecule has 0 atom stereocenters. The van der Waals surface area contributed by atoms with Crippen LogP contribution < -0.4 is 10.1 Å². The maximum absolute atomic E-state index is 12.2. The standard InChI is InChI=1S/C21H17BrN2O5/c1-2-9-24-19(25)17(23-21(24)28)11-14-5-8-18(16(22)10-14)29-12-13-3-6-15(7-4-13)20(26)27/h2-8,10-11H,1,9,12H2,(H,23,28)(H,26,27). The molecule has 0 radical (unpaired) electrons. The molecule has 1 fully saturated rings. The first-order valence-corrected chi connectivity index (χ1v) is 9.38. The van der Waals surface area contributed by atoms with Crippen LogP contribution in [-0.4, -0.2) is 34.5 Å². The van der Waals surface area contributed by atoms with Crippen LogP contribution in [0.5, 0.6) is 5.75 Å². The number of nitrogens with one attached hydrogen (secondary N) is 1. The van der Waals surface area contributed by atoms with E-state index < -0.39 is 17.9 Å². The highest BCUT2D eigenvalue weighted by molar-refractivity contribution is 9.10. The highest BCUT2D eigenvalue weighted by Crippen LogP contribution is 2.28. The highest BCUT2D eigenvalue weighted by Gasteiger charge is 2.32. The number of carbonyl (C=O) groups excluding carboxylic acids is 2. The van der Waals surface area contributed by atoms with Crippen LogP contribution in [0.3, 0.4) is 0 Å². The van der Waals surface area contributed by atoms with Gasteiger partial charge in [0.15, 0.2) is 0 Å². The first-order valence-electron chi connectivity index (χ1n) is 8.59.